The molecule has 7 nitrogen and oxygen atoms in total. The topological polar surface area (TPSA) is 118 Å². The number of aromatic hydroxyl groups is 1. The van der Waals surface area contributed by atoms with Gasteiger partial charge in [-0.25, -0.2) is 0 Å². The van der Waals surface area contributed by atoms with Gasteiger partial charge >= 0.3 is 0 Å². The Bertz CT molecular complexity index is 733. The highest BCUT2D eigenvalue weighted by Gasteiger charge is 2.20. The highest BCUT2D eigenvalue weighted by atomic mass is 79.9. The summed E-state index contributed by atoms with van der Waals surface area (Å²) in [5.41, 5.74) is 5.60. The van der Waals surface area contributed by atoms with E-state index in [9.17, 15) is 20.0 Å². The van der Waals surface area contributed by atoms with Crippen LogP contribution in [0.25, 0.3) is 0 Å². The minimum atomic E-state index is -0.689. The number of nitrogens with zero attached hydrogens (tertiary/aromatic N) is 1. The van der Waals surface area contributed by atoms with Gasteiger partial charge in [-0.15, -0.1) is 0 Å². The number of nitro groups is 1. The predicted octanol–water partition coefficient (Wildman–Crippen LogP) is 2.90. The quantitative estimate of drug-likeness (QED) is 0.340. The molecule has 0 saturated heterocycles. The number of hydrogen-bond donors (Lipinski definition) is 3. The fourth-order valence-electron chi connectivity index (χ4n) is 1.68. The molecule has 0 bridgehead atoms. The SMILES string of the molecule is Nc1cc(C(=O)Nc2c(O)cccc2[N+](=O)[O-])ccc1Br. The van der Waals surface area contributed by atoms with E-state index in [1.54, 1.807) is 6.07 Å². The molecule has 2 rings (SSSR count). The number of benzene rings is 2. The van der Waals surface area contributed by atoms with Crippen molar-refractivity contribution < 1.29 is 14.8 Å². The number of hydrogen-bond acceptors (Lipinski definition) is 5. The van der Waals surface area contributed by atoms with Crippen LogP contribution >= 0.6 is 15.9 Å². The van der Waals surface area contributed by atoms with Crippen molar-refractivity contribution in [2.45, 2.75) is 0 Å². The molecule has 0 spiro atoms. The van der Waals surface area contributed by atoms with Crippen LogP contribution in [-0.4, -0.2) is 15.9 Å². The van der Waals surface area contributed by atoms with Crippen LogP contribution in [0.4, 0.5) is 17.1 Å². The Balaban J connectivity index is 2.36. The van der Waals surface area contributed by atoms with Crippen LogP contribution in [0, 0.1) is 10.1 Å². The third kappa shape index (κ3) is 3.11. The summed E-state index contributed by atoms with van der Waals surface area (Å²) in [5.74, 6) is -0.999. The number of phenolic OH excluding ortho intramolecular Hbond substituents is 1. The molecule has 4 N–H and O–H groups in total. The molecule has 8 heteroatoms. The van der Waals surface area contributed by atoms with Gasteiger partial charge in [0.2, 0.25) is 0 Å². The lowest BCUT2D eigenvalue weighted by atomic mass is 10.1. The maximum atomic E-state index is 12.1. The molecule has 108 valence electrons. The first-order valence-corrected chi connectivity index (χ1v) is 6.52. The molecule has 2 aromatic rings. The van der Waals surface area contributed by atoms with E-state index in [4.69, 9.17) is 5.73 Å². The van der Waals surface area contributed by atoms with E-state index in [1.165, 1.54) is 30.3 Å². The number of nitrogens with one attached hydrogen (secondary N) is 1. The highest BCUT2D eigenvalue weighted by molar-refractivity contribution is 9.10. The third-order valence-electron chi connectivity index (χ3n) is 2.71. The number of carbonyl (C=O) groups is 1. The number of nitrogen functional groups attached to an aromatic ring is 1. The monoisotopic (exact) mass is 351 g/mol. The minimum Gasteiger partial charge on any atom is -0.505 e. The average Bonchev–Trinajstić information content (AvgIpc) is 2.43. The van der Waals surface area contributed by atoms with Crippen LogP contribution in [0.15, 0.2) is 40.9 Å². The molecule has 0 heterocycles. The number of para-hydroxylation sites is 1. The van der Waals surface area contributed by atoms with Gasteiger partial charge in [-0.2, -0.15) is 0 Å². The zero-order chi connectivity index (χ0) is 15.6. The second-order valence-corrected chi connectivity index (χ2v) is 4.97. The lowest BCUT2D eigenvalue weighted by Gasteiger charge is -2.08. The lowest BCUT2D eigenvalue weighted by molar-refractivity contribution is -0.384. The van der Waals surface area contributed by atoms with Crippen molar-refractivity contribution in [3.8, 4) is 5.75 Å². The summed E-state index contributed by atoms with van der Waals surface area (Å²) in [7, 11) is 0. The summed E-state index contributed by atoms with van der Waals surface area (Å²) < 4.78 is 0.632. The van der Waals surface area contributed by atoms with E-state index >= 15 is 0 Å². The molecule has 21 heavy (non-hydrogen) atoms. The molecule has 0 aromatic heterocycles. The summed E-state index contributed by atoms with van der Waals surface area (Å²) in [6.07, 6.45) is 0. The van der Waals surface area contributed by atoms with E-state index in [2.05, 4.69) is 21.2 Å². The molecule has 0 saturated carbocycles. The molecular formula is C13H10BrN3O4. The molecule has 0 unspecified atom stereocenters. The van der Waals surface area contributed by atoms with E-state index in [-0.39, 0.29) is 17.0 Å². The number of nitrogens with two attached hydrogens (primary N) is 1. The number of amides is 1. The molecule has 0 aliphatic heterocycles. The lowest BCUT2D eigenvalue weighted by Crippen LogP contribution is -2.13. The first-order valence-electron chi connectivity index (χ1n) is 5.73. The van der Waals surface area contributed by atoms with Gasteiger partial charge in [0, 0.05) is 21.8 Å². The summed E-state index contributed by atoms with van der Waals surface area (Å²) in [4.78, 5) is 22.3. The van der Waals surface area contributed by atoms with Gasteiger partial charge in [0.25, 0.3) is 11.6 Å². The van der Waals surface area contributed by atoms with E-state index in [1.807, 2.05) is 0 Å². The molecule has 1 amide bonds. The Kier molecular flexibility index (Phi) is 4.08. The number of anilines is 2. The van der Waals surface area contributed by atoms with Crippen LogP contribution in [0.3, 0.4) is 0 Å². The first kappa shape index (κ1) is 14.8. The Morgan fingerprint density at radius 2 is 2.05 bits per heavy atom. The Labute approximate surface area is 127 Å². The molecule has 0 aliphatic carbocycles. The number of nitro benzene ring substituents is 1. The minimum absolute atomic E-state index is 0.216. The van der Waals surface area contributed by atoms with Crippen molar-refractivity contribution in [2.24, 2.45) is 0 Å². The number of carbonyl (C=O) groups excluding carboxylic acids is 1. The van der Waals surface area contributed by atoms with Crippen molar-refractivity contribution in [1.82, 2.24) is 0 Å². The van der Waals surface area contributed by atoms with Crippen LogP contribution in [0.1, 0.15) is 10.4 Å². The third-order valence-corrected chi connectivity index (χ3v) is 3.44. The molecule has 0 aliphatic rings. The zero-order valence-electron chi connectivity index (χ0n) is 10.5. The maximum Gasteiger partial charge on any atom is 0.296 e. The fraction of sp³-hybridized carbons (Fsp3) is 0. The van der Waals surface area contributed by atoms with Crippen LogP contribution in [0.2, 0.25) is 0 Å². The van der Waals surface area contributed by atoms with Crippen molar-refractivity contribution in [1.29, 1.82) is 0 Å². The summed E-state index contributed by atoms with van der Waals surface area (Å²) in [5, 5.41) is 22.9. The van der Waals surface area contributed by atoms with Crippen LogP contribution < -0.4 is 11.1 Å². The Morgan fingerprint density at radius 3 is 2.67 bits per heavy atom. The maximum absolute atomic E-state index is 12.1. The second kappa shape index (κ2) is 5.80. The van der Waals surface area contributed by atoms with Crippen LogP contribution in [-0.2, 0) is 0 Å². The fourth-order valence-corrected chi connectivity index (χ4v) is 1.93. The Hall–Kier alpha value is -2.61. The van der Waals surface area contributed by atoms with Gasteiger partial charge in [0.1, 0.15) is 5.75 Å². The van der Waals surface area contributed by atoms with Crippen molar-refractivity contribution >= 4 is 38.9 Å². The van der Waals surface area contributed by atoms with E-state index in [0.717, 1.165) is 0 Å². The molecule has 0 radical (unpaired) electrons. The van der Waals surface area contributed by atoms with E-state index < -0.39 is 16.5 Å². The van der Waals surface area contributed by atoms with Gasteiger partial charge in [-0.1, -0.05) is 6.07 Å². The van der Waals surface area contributed by atoms with E-state index in [0.29, 0.717) is 10.2 Å². The summed E-state index contributed by atoms with van der Waals surface area (Å²) in [6.45, 7) is 0. The number of halogens is 1. The standard InChI is InChI=1S/C13H10BrN3O4/c14-8-5-4-7(6-9(8)15)13(19)16-12-10(17(20)21)2-1-3-11(12)18/h1-6,18H,15H2,(H,16,19). The van der Waals surface area contributed by atoms with Crippen LogP contribution in [0.5, 0.6) is 5.75 Å². The second-order valence-electron chi connectivity index (χ2n) is 4.12. The van der Waals surface area contributed by atoms with Crippen molar-refractivity contribution in [3.63, 3.8) is 0 Å². The molecule has 2 aromatic carbocycles. The average molecular weight is 352 g/mol. The zero-order valence-corrected chi connectivity index (χ0v) is 12.1. The predicted molar refractivity (Wildman–Crippen MR) is 81.3 cm³/mol. The number of phenols is 1. The highest BCUT2D eigenvalue weighted by Crippen LogP contribution is 2.33. The van der Waals surface area contributed by atoms with Gasteiger partial charge in [-0.05, 0) is 40.2 Å². The Morgan fingerprint density at radius 1 is 1.33 bits per heavy atom. The summed E-state index contributed by atoms with van der Waals surface area (Å²) in [6, 6.07) is 8.26. The summed E-state index contributed by atoms with van der Waals surface area (Å²) >= 11 is 3.20. The van der Waals surface area contributed by atoms with Gasteiger partial charge in [0.05, 0.1) is 4.92 Å². The smallest absolute Gasteiger partial charge is 0.296 e. The molecule has 0 fully saturated rings. The van der Waals surface area contributed by atoms with Gasteiger partial charge < -0.3 is 16.2 Å². The van der Waals surface area contributed by atoms with Gasteiger partial charge in [0.15, 0.2) is 5.69 Å². The van der Waals surface area contributed by atoms with Crippen molar-refractivity contribution in [3.05, 3.63) is 56.5 Å². The molecular weight excluding hydrogens is 342 g/mol. The van der Waals surface area contributed by atoms with Gasteiger partial charge in [-0.3, -0.25) is 14.9 Å². The largest absolute Gasteiger partial charge is 0.505 e. The van der Waals surface area contributed by atoms with Crippen molar-refractivity contribution in [2.75, 3.05) is 11.1 Å². The molecule has 0 atom stereocenters. The normalized spacial score (nSPS) is 10.1. The first-order chi connectivity index (χ1) is 9.90. The number of rotatable bonds is 3.